The lowest BCUT2D eigenvalue weighted by atomic mass is 9.89. The number of hydrogen-bond acceptors (Lipinski definition) is 3. The van der Waals surface area contributed by atoms with Crippen molar-refractivity contribution in [3.63, 3.8) is 0 Å². The molecule has 3 rings (SSSR count). The van der Waals surface area contributed by atoms with Crippen molar-refractivity contribution in [1.29, 1.82) is 0 Å². The summed E-state index contributed by atoms with van der Waals surface area (Å²) in [5.41, 5.74) is 2.79. The lowest BCUT2D eigenvalue weighted by Gasteiger charge is -2.25. The van der Waals surface area contributed by atoms with Crippen LogP contribution >= 0.6 is 0 Å². The van der Waals surface area contributed by atoms with E-state index >= 15 is 0 Å². The largest absolute Gasteiger partial charge is 0.373 e. The molecule has 2 atom stereocenters. The molecule has 2 aliphatic rings. The molecular formula is C18H26N2O2. The average molecular weight is 302 g/mol. The number of hydrogen-bond donors (Lipinski definition) is 2. The molecule has 1 aromatic carbocycles. The summed E-state index contributed by atoms with van der Waals surface area (Å²) < 4.78 is 6.05. The first-order valence-electron chi connectivity index (χ1n) is 8.52. The molecule has 1 saturated heterocycles. The van der Waals surface area contributed by atoms with Crippen LogP contribution in [0.25, 0.3) is 0 Å². The third-order valence-corrected chi connectivity index (χ3v) is 4.68. The zero-order valence-corrected chi connectivity index (χ0v) is 13.1. The van der Waals surface area contributed by atoms with E-state index in [1.165, 1.54) is 24.0 Å². The van der Waals surface area contributed by atoms with Crippen molar-refractivity contribution in [1.82, 2.24) is 10.6 Å². The van der Waals surface area contributed by atoms with Crippen molar-refractivity contribution in [3.8, 4) is 0 Å². The summed E-state index contributed by atoms with van der Waals surface area (Å²) >= 11 is 0. The first-order chi connectivity index (χ1) is 10.8. The van der Waals surface area contributed by atoms with Crippen LogP contribution in [0, 0.1) is 5.92 Å². The van der Waals surface area contributed by atoms with E-state index in [9.17, 15) is 4.79 Å². The van der Waals surface area contributed by atoms with Crippen LogP contribution in [-0.2, 0) is 16.0 Å². The van der Waals surface area contributed by atoms with Gasteiger partial charge in [-0.15, -0.1) is 0 Å². The Morgan fingerprint density at radius 2 is 2.23 bits per heavy atom. The number of aryl methyl sites for hydroxylation is 1. The SMILES string of the molecule is O=C(NCCCOC1CCCc2ccccc21)C1CCNC1. The van der Waals surface area contributed by atoms with Gasteiger partial charge in [-0.3, -0.25) is 4.79 Å². The van der Waals surface area contributed by atoms with Crippen molar-refractivity contribution in [2.75, 3.05) is 26.2 Å². The number of benzene rings is 1. The average Bonchev–Trinajstić information content (AvgIpc) is 3.09. The molecule has 1 heterocycles. The molecule has 0 radical (unpaired) electrons. The first-order valence-corrected chi connectivity index (χ1v) is 8.52. The predicted molar refractivity (Wildman–Crippen MR) is 86.7 cm³/mol. The van der Waals surface area contributed by atoms with Gasteiger partial charge in [-0.2, -0.15) is 0 Å². The summed E-state index contributed by atoms with van der Waals surface area (Å²) in [6, 6.07) is 8.60. The summed E-state index contributed by atoms with van der Waals surface area (Å²) in [5.74, 6) is 0.346. The normalized spacial score (nSPS) is 24.0. The van der Waals surface area contributed by atoms with Crippen LogP contribution in [0.2, 0.25) is 0 Å². The molecular weight excluding hydrogens is 276 g/mol. The quantitative estimate of drug-likeness (QED) is 0.792. The topological polar surface area (TPSA) is 50.4 Å². The van der Waals surface area contributed by atoms with Gasteiger partial charge in [0.2, 0.25) is 5.91 Å². The van der Waals surface area contributed by atoms with Gasteiger partial charge in [-0.1, -0.05) is 24.3 Å². The van der Waals surface area contributed by atoms with Crippen LogP contribution in [0.15, 0.2) is 24.3 Å². The monoisotopic (exact) mass is 302 g/mol. The van der Waals surface area contributed by atoms with E-state index < -0.39 is 0 Å². The molecule has 120 valence electrons. The number of amides is 1. The molecule has 0 aromatic heterocycles. The number of carbonyl (C=O) groups excluding carboxylic acids is 1. The molecule has 1 amide bonds. The highest BCUT2D eigenvalue weighted by molar-refractivity contribution is 5.79. The van der Waals surface area contributed by atoms with Gasteiger partial charge in [0.1, 0.15) is 0 Å². The van der Waals surface area contributed by atoms with Crippen LogP contribution in [0.1, 0.15) is 42.9 Å². The van der Waals surface area contributed by atoms with Gasteiger partial charge >= 0.3 is 0 Å². The van der Waals surface area contributed by atoms with Crippen molar-refractivity contribution >= 4 is 5.91 Å². The fourth-order valence-electron chi connectivity index (χ4n) is 3.41. The maximum atomic E-state index is 11.9. The number of nitrogens with one attached hydrogen (secondary N) is 2. The van der Waals surface area contributed by atoms with E-state index in [0.29, 0.717) is 13.2 Å². The second kappa shape index (κ2) is 7.75. The highest BCUT2D eigenvalue weighted by atomic mass is 16.5. The lowest BCUT2D eigenvalue weighted by Crippen LogP contribution is -2.33. The van der Waals surface area contributed by atoms with E-state index in [1.54, 1.807) is 0 Å². The van der Waals surface area contributed by atoms with Crippen LogP contribution in [0.5, 0.6) is 0 Å². The number of carbonyl (C=O) groups is 1. The van der Waals surface area contributed by atoms with Crippen LogP contribution < -0.4 is 10.6 Å². The van der Waals surface area contributed by atoms with Gasteiger partial charge in [-0.05, 0) is 49.8 Å². The fraction of sp³-hybridized carbons (Fsp3) is 0.611. The standard InChI is InChI=1S/C18H26N2O2/c21-18(15-9-11-19-13-15)20-10-4-12-22-17-8-3-6-14-5-1-2-7-16(14)17/h1-2,5,7,15,17,19H,3-4,6,8-13H2,(H,20,21). The summed E-state index contributed by atoms with van der Waals surface area (Å²) in [6.45, 7) is 3.20. The Hall–Kier alpha value is -1.39. The molecule has 0 bridgehead atoms. The molecule has 4 heteroatoms. The van der Waals surface area contributed by atoms with Crippen molar-refractivity contribution < 1.29 is 9.53 Å². The van der Waals surface area contributed by atoms with Gasteiger partial charge in [0.15, 0.2) is 0 Å². The summed E-state index contributed by atoms with van der Waals surface area (Å²) in [4.78, 5) is 11.9. The van der Waals surface area contributed by atoms with Crippen molar-refractivity contribution in [2.45, 2.75) is 38.2 Å². The van der Waals surface area contributed by atoms with Gasteiger partial charge in [-0.25, -0.2) is 0 Å². The minimum atomic E-state index is 0.158. The summed E-state index contributed by atoms with van der Waals surface area (Å²) in [5, 5.41) is 6.24. The predicted octanol–water partition coefficient (Wildman–Crippen LogP) is 2.20. The van der Waals surface area contributed by atoms with Crippen LogP contribution in [-0.4, -0.2) is 32.1 Å². The summed E-state index contributed by atoms with van der Waals surface area (Å²) in [7, 11) is 0. The second-order valence-electron chi connectivity index (χ2n) is 6.28. The molecule has 1 aliphatic heterocycles. The Morgan fingerprint density at radius 1 is 1.32 bits per heavy atom. The van der Waals surface area contributed by atoms with Gasteiger partial charge in [0.25, 0.3) is 0 Å². The lowest BCUT2D eigenvalue weighted by molar-refractivity contribution is -0.124. The molecule has 2 unspecified atom stereocenters. The number of fused-ring (bicyclic) bond motifs is 1. The Balaban J connectivity index is 1.36. The second-order valence-corrected chi connectivity index (χ2v) is 6.28. The molecule has 1 aliphatic carbocycles. The van der Waals surface area contributed by atoms with Crippen molar-refractivity contribution in [3.05, 3.63) is 35.4 Å². The van der Waals surface area contributed by atoms with Gasteiger partial charge in [0, 0.05) is 19.7 Å². The Kier molecular flexibility index (Phi) is 5.46. The number of rotatable bonds is 6. The van der Waals surface area contributed by atoms with E-state index in [2.05, 4.69) is 34.9 Å². The molecule has 2 N–H and O–H groups in total. The molecule has 1 aromatic rings. The molecule has 1 fully saturated rings. The molecule has 4 nitrogen and oxygen atoms in total. The van der Waals surface area contributed by atoms with Crippen LogP contribution in [0.4, 0.5) is 0 Å². The molecule has 0 saturated carbocycles. The maximum absolute atomic E-state index is 11.9. The Labute approximate surface area is 132 Å². The van der Waals surface area contributed by atoms with Crippen LogP contribution in [0.3, 0.4) is 0 Å². The summed E-state index contributed by atoms with van der Waals surface area (Å²) in [6.07, 6.45) is 5.55. The van der Waals surface area contributed by atoms with E-state index in [-0.39, 0.29) is 17.9 Å². The Morgan fingerprint density at radius 3 is 3.09 bits per heavy atom. The van der Waals surface area contributed by atoms with Crippen molar-refractivity contribution in [2.24, 2.45) is 5.92 Å². The van der Waals surface area contributed by atoms with E-state index in [0.717, 1.165) is 32.4 Å². The molecule has 0 spiro atoms. The van der Waals surface area contributed by atoms with Gasteiger partial charge in [0.05, 0.1) is 12.0 Å². The van der Waals surface area contributed by atoms with E-state index in [4.69, 9.17) is 4.74 Å². The Bertz CT molecular complexity index is 498. The van der Waals surface area contributed by atoms with E-state index in [1.807, 2.05) is 0 Å². The number of ether oxygens (including phenoxy) is 1. The maximum Gasteiger partial charge on any atom is 0.224 e. The zero-order chi connectivity index (χ0) is 15.2. The zero-order valence-electron chi connectivity index (χ0n) is 13.1. The third kappa shape index (κ3) is 3.87. The highest BCUT2D eigenvalue weighted by Gasteiger charge is 2.22. The minimum Gasteiger partial charge on any atom is -0.373 e. The highest BCUT2D eigenvalue weighted by Crippen LogP contribution is 2.32. The first kappa shape index (κ1) is 15.5. The minimum absolute atomic E-state index is 0.158. The molecule has 22 heavy (non-hydrogen) atoms. The third-order valence-electron chi connectivity index (χ3n) is 4.68. The smallest absolute Gasteiger partial charge is 0.224 e. The van der Waals surface area contributed by atoms with Gasteiger partial charge < -0.3 is 15.4 Å². The fourth-order valence-corrected chi connectivity index (χ4v) is 3.41.